The fraction of sp³-hybridized carbons (Fsp3) is 0. The quantitative estimate of drug-likeness (QED) is 0.673. The van der Waals surface area contributed by atoms with E-state index in [-0.39, 0.29) is 11.3 Å². The van der Waals surface area contributed by atoms with Gasteiger partial charge in [-0.3, -0.25) is 10.1 Å². The van der Waals surface area contributed by atoms with Gasteiger partial charge in [-0.15, -0.1) is 0 Å². The monoisotopic (exact) mass is 259 g/mol. The molecule has 0 aliphatic heterocycles. The highest BCUT2D eigenvalue weighted by molar-refractivity contribution is 5.87. The zero-order valence-corrected chi connectivity index (χ0v) is 9.65. The van der Waals surface area contributed by atoms with Gasteiger partial charge in [-0.2, -0.15) is 0 Å². The van der Waals surface area contributed by atoms with E-state index in [0.717, 1.165) is 0 Å². The number of rotatable bonds is 4. The molecule has 0 bridgehead atoms. The first-order chi connectivity index (χ1) is 9.06. The smallest absolute Gasteiger partial charge is 0.335 e. The molecular formula is C13H9NO5. The third-order valence-electron chi connectivity index (χ3n) is 2.37. The minimum Gasteiger partial charge on any atom is -0.478 e. The van der Waals surface area contributed by atoms with Gasteiger partial charge in [0.25, 0.3) is 5.69 Å². The lowest BCUT2D eigenvalue weighted by molar-refractivity contribution is -0.384. The van der Waals surface area contributed by atoms with Crippen molar-refractivity contribution in [1.82, 2.24) is 0 Å². The molecule has 0 atom stereocenters. The van der Waals surface area contributed by atoms with E-state index < -0.39 is 10.9 Å². The normalized spacial score (nSPS) is 9.89. The first kappa shape index (κ1) is 12.6. The van der Waals surface area contributed by atoms with E-state index in [4.69, 9.17) is 9.84 Å². The summed E-state index contributed by atoms with van der Waals surface area (Å²) in [6.07, 6.45) is 0. The van der Waals surface area contributed by atoms with Crippen LogP contribution < -0.4 is 4.74 Å². The predicted molar refractivity (Wildman–Crippen MR) is 66.6 cm³/mol. The summed E-state index contributed by atoms with van der Waals surface area (Å²) in [7, 11) is 0. The topological polar surface area (TPSA) is 89.7 Å². The Morgan fingerprint density at radius 1 is 1.11 bits per heavy atom. The lowest BCUT2D eigenvalue weighted by Crippen LogP contribution is -1.95. The van der Waals surface area contributed by atoms with Gasteiger partial charge in [0.1, 0.15) is 11.5 Å². The third-order valence-corrected chi connectivity index (χ3v) is 2.37. The van der Waals surface area contributed by atoms with Crippen molar-refractivity contribution >= 4 is 11.7 Å². The highest BCUT2D eigenvalue weighted by atomic mass is 16.6. The van der Waals surface area contributed by atoms with E-state index in [1.807, 2.05) is 0 Å². The number of ether oxygens (including phenoxy) is 1. The zero-order valence-electron chi connectivity index (χ0n) is 9.65. The van der Waals surface area contributed by atoms with Crippen LogP contribution in [0.15, 0.2) is 48.5 Å². The van der Waals surface area contributed by atoms with Gasteiger partial charge in [-0.1, -0.05) is 6.07 Å². The number of nitro groups is 1. The standard InChI is InChI=1S/C13H9NO5/c15-13(16)9-4-6-11(7-5-9)19-12-3-1-2-10(8-12)14(17)18/h1-8H,(H,15,16). The third kappa shape index (κ3) is 3.06. The Morgan fingerprint density at radius 2 is 1.79 bits per heavy atom. The molecule has 0 aliphatic carbocycles. The number of hydrogen-bond acceptors (Lipinski definition) is 4. The number of non-ortho nitro benzene ring substituents is 1. The molecule has 0 fully saturated rings. The van der Waals surface area contributed by atoms with Gasteiger partial charge in [0.15, 0.2) is 0 Å². The molecule has 2 aromatic rings. The molecule has 0 amide bonds. The van der Waals surface area contributed by atoms with E-state index in [9.17, 15) is 14.9 Å². The van der Waals surface area contributed by atoms with E-state index >= 15 is 0 Å². The van der Waals surface area contributed by atoms with Crippen LogP contribution in [0.25, 0.3) is 0 Å². The Hall–Kier alpha value is -2.89. The van der Waals surface area contributed by atoms with Crippen LogP contribution in [-0.2, 0) is 0 Å². The first-order valence-corrected chi connectivity index (χ1v) is 5.32. The summed E-state index contributed by atoms with van der Waals surface area (Å²) in [5.74, 6) is -0.301. The van der Waals surface area contributed by atoms with Crippen LogP contribution in [-0.4, -0.2) is 16.0 Å². The van der Waals surface area contributed by atoms with E-state index in [1.165, 1.54) is 42.5 Å². The van der Waals surface area contributed by atoms with Crippen molar-refractivity contribution in [3.63, 3.8) is 0 Å². The van der Waals surface area contributed by atoms with Crippen molar-refractivity contribution in [2.24, 2.45) is 0 Å². The minimum atomic E-state index is -1.03. The van der Waals surface area contributed by atoms with Crippen LogP contribution in [0, 0.1) is 10.1 Å². The maximum absolute atomic E-state index is 10.7. The summed E-state index contributed by atoms with van der Waals surface area (Å²) >= 11 is 0. The molecule has 0 saturated heterocycles. The van der Waals surface area contributed by atoms with Gasteiger partial charge in [0.2, 0.25) is 0 Å². The highest BCUT2D eigenvalue weighted by Gasteiger charge is 2.07. The average molecular weight is 259 g/mol. The lowest BCUT2D eigenvalue weighted by Gasteiger charge is -2.05. The van der Waals surface area contributed by atoms with E-state index in [1.54, 1.807) is 6.07 Å². The van der Waals surface area contributed by atoms with Crippen LogP contribution in [0.4, 0.5) is 5.69 Å². The summed E-state index contributed by atoms with van der Waals surface area (Å²) in [6, 6.07) is 11.5. The predicted octanol–water partition coefficient (Wildman–Crippen LogP) is 3.09. The Labute approximate surface area is 108 Å². The maximum atomic E-state index is 10.7. The molecule has 0 spiro atoms. The number of nitro benzene ring substituents is 1. The van der Waals surface area contributed by atoms with Crippen molar-refractivity contribution in [3.05, 3.63) is 64.2 Å². The SMILES string of the molecule is O=C(O)c1ccc(Oc2cccc([N+](=O)[O-])c2)cc1. The Bertz CT molecular complexity index is 621. The van der Waals surface area contributed by atoms with Crippen molar-refractivity contribution in [2.75, 3.05) is 0 Å². The molecule has 0 heterocycles. The lowest BCUT2D eigenvalue weighted by atomic mass is 10.2. The Balaban J connectivity index is 2.19. The molecule has 0 aliphatic rings. The second kappa shape index (κ2) is 5.18. The first-order valence-electron chi connectivity index (χ1n) is 5.32. The fourth-order valence-electron chi connectivity index (χ4n) is 1.46. The molecule has 6 nitrogen and oxygen atoms in total. The van der Waals surface area contributed by atoms with Gasteiger partial charge < -0.3 is 9.84 Å². The molecule has 96 valence electrons. The minimum absolute atomic E-state index is 0.0698. The molecule has 2 rings (SSSR count). The second-order valence-corrected chi connectivity index (χ2v) is 3.69. The molecule has 1 N–H and O–H groups in total. The van der Waals surface area contributed by atoms with Gasteiger partial charge in [-0.25, -0.2) is 4.79 Å². The molecule has 19 heavy (non-hydrogen) atoms. The van der Waals surface area contributed by atoms with Gasteiger partial charge in [0.05, 0.1) is 16.6 Å². The van der Waals surface area contributed by atoms with Crippen molar-refractivity contribution in [1.29, 1.82) is 0 Å². The summed E-state index contributed by atoms with van der Waals surface area (Å²) in [4.78, 5) is 20.8. The zero-order chi connectivity index (χ0) is 13.8. The van der Waals surface area contributed by atoms with Crippen LogP contribution in [0.5, 0.6) is 11.5 Å². The molecule has 0 saturated carbocycles. The number of nitrogens with zero attached hydrogens (tertiary/aromatic N) is 1. The molecule has 0 aromatic heterocycles. The van der Waals surface area contributed by atoms with Crippen LogP contribution in [0.3, 0.4) is 0 Å². The van der Waals surface area contributed by atoms with Crippen LogP contribution >= 0.6 is 0 Å². The van der Waals surface area contributed by atoms with Crippen molar-refractivity contribution in [2.45, 2.75) is 0 Å². The van der Waals surface area contributed by atoms with Gasteiger partial charge >= 0.3 is 5.97 Å². The van der Waals surface area contributed by atoms with Crippen molar-refractivity contribution < 1.29 is 19.6 Å². The average Bonchev–Trinajstić information content (AvgIpc) is 2.39. The largest absolute Gasteiger partial charge is 0.478 e. The molecule has 0 radical (unpaired) electrons. The maximum Gasteiger partial charge on any atom is 0.335 e. The molecular weight excluding hydrogens is 250 g/mol. The number of aromatic carboxylic acids is 1. The molecule has 6 heteroatoms. The second-order valence-electron chi connectivity index (χ2n) is 3.69. The number of hydrogen-bond donors (Lipinski definition) is 1. The summed E-state index contributed by atoms with van der Waals surface area (Å²) in [5.41, 5.74) is 0.0750. The summed E-state index contributed by atoms with van der Waals surface area (Å²) in [5, 5.41) is 19.4. The number of benzene rings is 2. The van der Waals surface area contributed by atoms with Crippen LogP contribution in [0.1, 0.15) is 10.4 Å². The van der Waals surface area contributed by atoms with Gasteiger partial charge in [0, 0.05) is 6.07 Å². The van der Waals surface area contributed by atoms with E-state index in [2.05, 4.69) is 0 Å². The highest BCUT2D eigenvalue weighted by Crippen LogP contribution is 2.25. The number of carboxylic acid groups (broad SMARTS) is 1. The summed E-state index contributed by atoms with van der Waals surface area (Å²) in [6.45, 7) is 0. The van der Waals surface area contributed by atoms with Crippen LogP contribution in [0.2, 0.25) is 0 Å². The molecule has 0 unspecified atom stereocenters. The Morgan fingerprint density at radius 3 is 2.37 bits per heavy atom. The number of carboxylic acids is 1. The Kier molecular flexibility index (Phi) is 3.42. The van der Waals surface area contributed by atoms with Crippen molar-refractivity contribution in [3.8, 4) is 11.5 Å². The molecule has 2 aromatic carbocycles. The van der Waals surface area contributed by atoms with Gasteiger partial charge in [-0.05, 0) is 30.3 Å². The number of carbonyl (C=O) groups is 1. The fourth-order valence-corrected chi connectivity index (χ4v) is 1.46. The summed E-state index contributed by atoms with van der Waals surface area (Å²) < 4.78 is 5.41. The van der Waals surface area contributed by atoms with E-state index in [0.29, 0.717) is 11.5 Å².